The highest BCUT2D eigenvalue weighted by Gasteiger charge is 2.25. The average molecular weight is 1440 g/mol. The van der Waals surface area contributed by atoms with E-state index in [1.54, 1.807) is 0 Å². The van der Waals surface area contributed by atoms with E-state index in [1.807, 2.05) is 22.7 Å². The van der Waals surface area contributed by atoms with Gasteiger partial charge >= 0.3 is 0 Å². The minimum absolute atomic E-state index is 0.879. The number of para-hydroxylation sites is 4. The van der Waals surface area contributed by atoms with Crippen molar-refractivity contribution in [3.63, 3.8) is 0 Å². The number of fused-ring (bicyclic) bond motifs is 15. The summed E-state index contributed by atoms with van der Waals surface area (Å²) in [6.45, 7) is 0. The number of rotatable bonds is 13. The van der Waals surface area contributed by atoms with E-state index in [4.69, 9.17) is 8.83 Å². The van der Waals surface area contributed by atoms with Crippen LogP contribution in [-0.2, 0) is 0 Å². The van der Waals surface area contributed by atoms with Crippen molar-refractivity contribution in [3.8, 4) is 11.1 Å². The first kappa shape index (κ1) is 64.4. The molecule has 0 amide bonds. The van der Waals surface area contributed by atoms with Crippen molar-refractivity contribution < 1.29 is 8.83 Å². The van der Waals surface area contributed by atoms with Gasteiger partial charge in [-0.2, -0.15) is 0 Å². The molecular weight excluding hydrogens is 1380 g/mol. The molecule has 0 saturated carbocycles. The highest BCUT2D eigenvalue weighted by atomic mass is 32.1. The van der Waals surface area contributed by atoms with E-state index >= 15 is 0 Å². The second-order valence-corrected chi connectivity index (χ2v) is 30.1. The predicted octanol–water partition coefficient (Wildman–Crippen LogP) is 30.9. The maximum atomic E-state index is 6.46. The lowest BCUT2D eigenvalue weighted by Crippen LogP contribution is -2.11. The fourth-order valence-electron chi connectivity index (χ4n) is 16.3. The lowest BCUT2D eigenvalue weighted by Gasteiger charge is -2.28. The summed E-state index contributed by atoms with van der Waals surface area (Å²) in [5, 5.41) is 16.5. The molecule has 18 aromatic carbocycles. The van der Waals surface area contributed by atoms with E-state index in [0.29, 0.717) is 0 Å². The molecule has 0 fully saturated rings. The van der Waals surface area contributed by atoms with Crippen molar-refractivity contribution >= 4 is 207 Å². The van der Waals surface area contributed by atoms with E-state index < -0.39 is 0 Å². The van der Waals surface area contributed by atoms with Crippen LogP contribution in [0.2, 0.25) is 0 Å². The normalized spacial score (nSPS) is 11.6. The third-order valence-electron chi connectivity index (χ3n) is 21.4. The van der Waals surface area contributed by atoms with Crippen LogP contribution in [0.3, 0.4) is 0 Å². The van der Waals surface area contributed by atoms with Crippen molar-refractivity contribution in [1.82, 2.24) is 0 Å². The van der Waals surface area contributed by atoms with Gasteiger partial charge in [0.05, 0.1) is 17.1 Å². The molecule has 0 bridgehead atoms. The molecule has 0 aliphatic carbocycles. The van der Waals surface area contributed by atoms with Gasteiger partial charge < -0.3 is 28.4 Å². The molecule has 0 saturated heterocycles. The number of thiophene rings is 2. The molecule has 4 aromatic heterocycles. The number of nitrogens with zero attached hydrogens (tertiary/aromatic N) is 4. The van der Waals surface area contributed by atoms with Crippen LogP contribution in [0.5, 0.6) is 0 Å². The Hall–Kier alpha value is -14.0. The third-order valence-corrected chi connectivity index (χ3v) is 23.6. The molecular formula is C102H66N4O2S2. The van der Waals surface area contributed by atoms with Crippen molar-refractivity contribution in [3.05, 3.63) is 400 Å². The zero-order valence-electron chi connectivity index (χ0n) is 59.5. The van der Waals surface area contributed by atoms with Crippen molar-refractivity contribution in [2.24, 2.45) is 0 Å². The Kier molecular flexibility index (Phi) is 15.9. The van der Waals surface area contributed by atoms with E-state index in [0.717, 1.165) is 112 Å². The summed E-state index contributed by atoms with van der Waals surface area (Å²) in [5.74, 6) is 0. The summed E-state index contributed by atoms with van der Waals surface area (Å²) >= 11 is 3.69. The van der Waals surface area contributed by atoms with E-state index in [1.165, 1.54) is 83.8 Å². The highest BCUT2D eigenvalue weighted by molar-refractivity contribution is 7.26. The quantitative estimate of drug-likeness (QED) is 0.115. The van der Waals surface area contributed by atoms with Gasteiger partial charge in [0.25, 0.3) is 0 Å². The van der Waals surface area contributed by atoms with Crippen LogP contribution >= 0.6 is 22.7 Å². The fraction of sp³-hybridized carbons (Fsp3) is 0. The smallest absolute Gasteiger partial charge is 0.136 e. The number of hydrogen-bond donors (Lipinski definition) is 0. The molecule has 22 rings (SSSR count). The molecule has 0 aliphatic heterocycles. The SMILES string of the molecule is c1ccc(-c2ccc(N(c3ccc4oc5cc6ccccc6cc5c4c3)c3ccc4sc5cccc(N(c6ccccc6)c6ccccc6)c5c4c3)cc2)cc1.c1ccc(N(c2ccccc2)c2cccc3sc4ccc(N(c5ccc6oc7cc8ccccc8cc7c6c5)c5cccc6ccccc56)cc4c23)cc1. The summed E-state index contributed by atoms with van der Waals surface area (Å²) < 4.78 is 17.9. The van der Waals surface area contributed by atoms with E-state index in [9.17, 15) is 0 Å². The lowest BCUT2D eigenvalue weighted by molar-refractivity contribution is 0.669. The van der Waals surface area contributed by atoms with Gasteiger partial charge in [0.2, 0.25) is 0 Å². The van der Waals surface area contributed by atoms with Gasteiger partial charge in [-0.3, -0.25) is 0 Å². The van der Waals surface area contributed by atoms with Crippen LogP contribution in [0, 0.1) is 0 Å². The van der Waals surface area contributed by atoms with Crippen molar-refractivity contribution in [1.29, 1.82) is 0 Å². The van der Waals surface area contributed by atoms with Crippen LogP contribution in [0.15, 0.2) is 409 Å². The molecule has 22 aromatic rings. The van der Waals surface area contributed by atoms with Gasteiger partial charge in [-0.15, -0.1) is 22.7 Å². The topological polar surface area (TPSA) is 39.2 Å². The Labute approximate surface area is 642 Å². The van der Waals surface area contributed by atoms with Crippen LogP contribution in [0.25, 0.3) is 128 Å². The molecule has 0 atom stereocenters. The summed E-state index contributed by atoms with van der Waals surface area (Å²) in [6.07, 6.45) is 0. The number of anilines is 12. The van der Waals surface area contributed by atoms with Gasteiger partial charge in [-0.05, 0) is 226 Å². The standard InChI is InChI=1S/C52H34N2OS.C50H32N2OS/c1-4-13-35(14-5-1)36-23-25-41(26-24-36)53(42-27-29-48-45(33-42)44-31-37-15-10-11-16-38(37)32-49(44)55-48)43-28-30-50-46(34-43)52-47(21-12-22-51(52)56-50)54(39-17-6-2-7-18-39)40-19-8-3-9-20-40;1-3-17-36(18-4-1)51(37-19-5-2-6-20-37)45-23-12-24-49-50(45)43-32-39(26-28-48(43)54-49)52(44-22-11-16-33-13-9-10-21-40(33)44)38-25-27-46-42(31-38)41-29-34-14-7-8-15-35(34)30-47(41)53-46/h1-34H;1-32H. The van der Waals surface area contributed by atoms with Crippen LogP contribution < -0.4 is 19.6 Å². The lowest BCUT2D eigenvalue weighted by atomic mass is 10.0. The molecule has 0 N–H and O–H groups in total. The van der Waals surface area contributed by atoms with Crippen LogP contribution in [0.1, 0.15) is 0 Å². The summed E-state index contributed by atoms with van der Waals surface area (Å²) in [4.78, 5) is 9.55. The molecule has 518 valence electrons. The third kappa shape index (κ3) is 11.4. The van der Waals surface area contributed by atoms with Crippen molar-refractivity contribution in [2.75, 3.05) is 19.6 Å². The highest BCUT2D eigenvalue weighted by Crippen LogP contribution is 2.51. The molecule has 6 nitrogen and oxygen atoms in total. The number of hydrogen-bond acceptors (Lipinski definition) is 8. The Bertz CT molecular complexity index is 7160. The minimum Gasteiger partial charge on any atom is -0.456 e. The Balaban J connectivity index is 0.000000140. The van der Waals surface area contributed by atoms with E-state index in [2.05, 4.69) is 420 Å². The van der Waals surface area contributed by atoms with Gasteiger partial charge in [0, 0.05) is 118 Å². The first-order valence-electron chi connectivity index (χ1n) is 37.2. The van der Waals surface area contributed by atoms with E-state index in [-0.39, 0.29) is 0 Å². The summed E-state index contributed by atoms with van der Waals surface area (Å²) in [6, 6.07) is 144. The Morgan fingerprint density at radius 3 is 0.955 bits per heavy atom. The second kappa shape index (κ2) is 27.1. The van der Waals surface area contributed by atoms with Crippen molar-refractivity contribution in [2.45, 2.75) is 0 Å². The first-order valence-corrected chi connectivity index (χ1v) is 38.8. The molecule has 0 spiro atoms. The van der Waals surface area contributed by atoms with Crippen LogP contribution in [-0.4, -0.2) is 0 Å². The summed E-state index contributed by atoms with van der Waals surface area (Å²) in [7, 11) is 0. The maximum Gasteiger partial charge on any atom is 0.136 e. The van der Waals surface area contributed by atoms with Gasteiger partial charge in [-0.1, -0.05) is 212 Å². The predicted molar refractivity (Wildman–Crippen MR) is 470 cm³/mol. The average Bonchev–Trinajstić information content (AvgIpc) is 1.58. The van der Waals surface area contributed by atoms with Crippen LogP contribution in [0.4, 0.5) is 68.2 Å². The van der Waals surface area contributed by atoms with Gasteiger partial charge in [0.1, 0.15) is 22.3 Å². The zero-order valence-corrected chi connectivity index (χ0v) is 61.2. The Morgan fingerprint density at radius 1 is 0.173 bits per heavy atom. The van der Waals surface area contributed by atoms with Gasteiger partial charge in [0.15, 0.2) is 0 Å². The minimum atomic E-state index is 0.879. The van der Waals surface area contributed by atoms with Gasteiger partial charge in [-0.25, -0.2) is 0 Å². The molecule has 4 heterocycles. The molecule has 8 heteroatoms. The summed E-state index contributed by atoms with van der Waals surface area (Å²) in [5.41, 5.74) is 19.3. The molecule has 0 unspecified atom stereocenters. The maximum absolute atomic E-state index is 6.46. The first-order chi connectivity index (χ1) is 54.5. The fourth-order valence-corrected chi connectivity index (χ4v) is 18.5. The second-order valence-electron chi connectivity index (χ2n) is 27.9. The molecule has 110 heavy (non-hydrogen) atoms. The zero-order chi connectivity index (χ0) is 72.6. The molecule has 0 radical (unpaired) electrons. The number of furan rings is 2. The Morgan fingerprint density at radius 2 is 0.491 bits per heavy atom. The number of benzene rings is 18. The monoisotopic (exact) mass is 1440 g/mol. The largest absolute Gasteiger partial charge is 0.456 e. The molecule has 0 aliphatic rings.